The van der Waals surface area contributed by atoms with E-state index in [1.54, 1.807) is 49.6 Å². The number of rotatable bonds is 6. The van der Waals surface area contributed by atoms with E-state index < -0.39 is 11.9 Å². The predicted octanol–water partition coefficient (Wildman–Crippen LogP) is 3.90. The lowest BCUT2D eigenvalue weighted by Crippen LogP contribution is -2.21. The van der Waals surface area contributed by atoms with Crippen LogP contribution in [0.1, 0.15) is 21.7 Å². The second-order valence-electron chi connectivity index (χ2n) is 6.35. The molecule has 0 atom stereocenters. The molecule has 0 unspecified atom stereocenters. The maximum absolute atomic E-state index is 12.3. The highest BCUT2D eigenvalue weighted by Gasteiger charge is 2.12. The second-order valence-corrected chi connectivity index (χ2v) is 6.35. The molecule has 0 bridgehead atoms. The van der Waals surface area contributed by atoms with Crippen LogP contribution in [0.4, 0.5) is 5.69 Å². The predicted molar refractivity (Wildman–Crippen MR) is 107 cm³/mol. The first-order chi connectivity index (χ1) is 13.5. The van der Waals surface area contributed by atoms with Crippen molar-refractivity contribution in [1.82, 2.24) is 4.57 Å². The summed E-state index contributed by atoms with van der Waals surface area (Å²) >= 11 is 0. The van der Waals surface area contributed by atoms with Crippen LogP contribution in [0.15, 0.2) is 60.7 Å². The van der Waals surface area contributed by atoms with E-state index in [4.69, 9.17) is 9.47 Å². The Morgan fingerprint density at radius 1 is 0.964 bits per heavy atom. The topological polar surface area (TPSA) is 69.6 Å². The van der Waals surface area contributed by atoms with Crippen LogP contribution in [0.25, 0.3) is 5.69 Å². The van der Waals surface area contributed by atoms with Gasteiger partial charge in [-0.1, -0.05) is 6.07 Å². The molecule has 3 rings (SSSR count). The van der Waals surface area contributed by atoms with Crippen molar-refractivity contribution in [3.05, 3.63) is 77.6 Å². The van der Waals surface area contributed by atoms with Crippen molar-refractivity contribution in [3.8, 4) is 11.4 Å². The molecular formula is C22H22N2O4. The summed E-state index contributed by atoms with van der Waals surface area (Å²) in [6.07, 6.45) is 0. The summed E-state index contributed by atoms with van der Waals surface area (Å²) in [6.45, 7) is 3.64. The molecule has 1 amide bonds. The lowest BCUT2D eigenvalue weighted by atomic mass is 10.2. The van der Waals surface area contributed by atoms with Gasteiger partial charge in [-0.25, -0.2) is 4.79 Å². The van der Waals surface area contributed by atoms with Crippen molar-refractivity contribution in [1.29, 1.82) is 0 Å². The highest BCUT2D eigenvalue weighted by atomic mass is 16.5. The molecule has 3 aromatic rings. The van der Waals surface area contributed by atoms with Crippen LogP contribution in [0.2, 0.25) is 0 Å². The number of amides is 1. The first-order valence-corrected chi connectivity index (χ1v) is 8.84. The van der Waals surface area contributed by atoms with Crippen molar-refractivity contribution < 1.29 is 19.1 Å². The summed E-state index contributed by atoms with van der Waals surface area (Å²) in [6, 6.07) is 18.1. The first kappa shape index (κ1) is 19.2. The van der Waals surface area contributed by atoms with Crippen LogP contribution in [0, 0.1) is 13.8 Å². The van der Waals surface area contributed by atoms with Gasteiger partial charge in [-0.15, -0.1) is 0 Å². The van der Waals surface area contributed by atoms with E-state index in [0.29, 0.717) is 17.0 Å². The number of benzene rings is 2. The fraction of sp³-hybridized carbons (Fsp3) is 0.182. The number of nitrogens with one attached hydrogen (secondary N) is 1. The normalized spacial score (nSPS) is 10.4. The van der Waals surface area contributed by atoms with Crippen molar-refractivity contribution >= 4 is 17.6 Å². The Morgan fingerprint density at radius 3 is 2.29 bits per heavy atom. The van der Waals surface area contributed by atoms with Crippen molar-refractivity contribution in [2.45, 2.75) is 13.8 Å². The van der Waals surface area contributed by atoms with E-state index >= 15 is 0 Å². The van der Waals surface area contributed by atoms with Crippen molar-refractivity contribution in [3.63, 3.8) is 0 Å². The van der Waals surface area contributed by atoms with Crippen molar-refractivity contribution in [2.75, 3.05) is 19.0 Å². The van der Waals surface area contributed by atoms with E-state index in [0.717, 1.165) is 17.1 Å². The third kappa shape index (κ3) is 4.40. The summed E-state index contributed by atoms with van der Waals surface area (Å²) in [5, 5.41) is 2.67. The zero-order chi connectivity index (χ0) is 20.1. The number of hydrogen-bond acceptors (Lipinski definition) is 4. The molecule has 1 heterocycles. The van der Waals surface area contributed by atoms with Gasteiger partial charge in [0.1, 0.15) is 5.75 Å². The van der Waals surface area contributed by atoms with Crippen LogP contribution in [0.3, 0.4) is 0 Å². The van der Waals surface area contributed by atoms with Gasteiger partial charge in [-0.05, 0) is 68.4 Å². The molecule has 144 valence electrons. The molecule has 28 heavy (non-hydrogen) atoms. The molecular weight excluding hydrogens is 356 g/mol. The fourth-order valence-corrected chi connectivity index (χ4v) is 2.93. The molecule has 1 aromatic heterocycles. The second kappa shape index (κ2) is 8.43. The zero-order valence-corrected chi connectivity index (χ0v) is 16.1. The molecule has 0 aliphatic heterocycles. The molecule has 0 saturated heterocycles. The summed E-state index contributed by atoms with van der Waals surface area (Å²) < 4.78 is 12.3. The Morgan fingerprint density at radius 2 is 1.64 bits per heavy atom. The Labute approximate surface area is 163 Å². The molecule has 6 nitrogen and oxygen atoms in total. The fourth-order valence-electron chi connectivity index (χ4n) is 2.93. The molecule has 0 saturated carbocycles. The van der Waals surface area contributed by atoms with Gasteiger partial charge in [0, 0.05) is 22.8 Å². The summed E-state index contributed by atoms with van der Waals surface area (Å²) in [5.41, 5.74) is 4.01. The monoisotopic (exact) mass is 378 g/mol. The SMILES string of the molecule is COc1ccc(NC(=O)COC(=O)c2cccc(-n3c(C)ccc3C)c2)cc1. The van der Waals surface area contributed by atoms with Crippen molar-refractivity contribution in [2.24, 2.45) is 0 Å². The highest BCUT2D eigenvalue weighted by molar-refractivity contribution is 5.95. The molecule has 0 spiro atoms. The average Bonchev–Trinajstić information content (AvgIpc) is 3.05. The summed E-state index contributed by atoms with van der Waals surface area (Å²) in [4.78, 5) is 24.4. The Hall–Kier alpha value is -3.54. The first-order valence-electron chi connectivity index (χ1n) is 8.84. The molecule has 1 N–H and O–H groups in total. The van der Waals surface area contributed by atoms with Crippen LogP contribution < -0.4 is 10.1 Å². The minimum atomic E-state index is -0.547. The van der Waals surface area contributed by atoms with Crippen LogP contribution in [0.5, 0.6) is 5.75 Å². The number of carbonyl (C=O) groups is 2. The number of esters is 1. The minimum absolute atomic E-state index is 0.364. The van der Waals surface area contributed by atoms with Gasteiger partial charge in [-0.2, -0.15) is 0 Å². The smallest absolute Gasteiger partial charge is 0.338 e. The van der Waals surface area contributed by atoms with Gasteiger partial charge in [-0.3, -0.25) is 4.79 Å². The van der Waals surface area contributed by atoms with Gasteiger partial charge < -0.3 is 19.4 Å². The minimum Gasteiger partial charge on any atom is -0.497 e. The van der Waals surface area contributed by atoms with E-state index in [9.17, 15) is 9.59 Å². The van der Waals surface area contributed by atoms with E-state index in [-0.39, 0.29) is 6.61 Å². The Bertz CT molecular complexity index is 971. The van der Waals surface area contributed by atoms with Gasteiger partial charge >= 0.3 is 5.97 Å². The number of hydrogen-bond donors (Lipinski definition) is 1. The zero-order valence-electron chi connectivity index (χ0n) is 16.1. The number of aromatic nitrogens is 1. The third-order valence-electron chi connectivity index (χ3n) is 4.32. The molecule has 2 aromatic carbocycles. The number of nitrogens with zero attached hydrogens (tertiary/aromatic N) is 1. The van der Waals surface area contributed by atoms with Crippen LogP contribution in [-0.2, 0) is 9.53 Å². The maximum Gasteiger partial charge on any atom is 0.338 e. The lowest BCUT2D eigenvalue weighted by Gasteiger charge is -2.11. The Kier molecular flexibility index (Phi) is 5.79. The number of anilines is 1. The quantitative estimate of drug-likeness (QED) is 0.661. The number of methoxy groups -OCH3 is 1. The van der Waals surface area contributed by atoms with Gasteiger partial charge in [0.25, 0.3) is 5.91 Å². The molecule has 0 aliphatic rings. The number of ether oxygens (including phenoxy) is 2. The number of carbonyl (C=O) groups excluding carboxylic acids is 2. The van der Waals surface area contributed by atoms with Gasteiger partial charge in [0.15, 0.2) is 6.61 Å². The largest absolute Gasteiger partial charge is 0.497 e. The summed E-state index contributed by atoms with van der Waals surface area (Å²) in [7, 11) is 1.57. The standard InChI is InChI=1S/C22H22N2O4/c1-15-7-8-16(2)24(15)19-6-4-5-17(13-19)22(26)28-14-21(25)23-18-9-11-20(27-3)12-10-18/h4-13H,14H2,1-3H3,(H,23,25). The van der Waals surface area contributed by atoms with Gasteiger partial charge in [0.05, 0.1) is 12.7 Å². The summed E-state index contributed by atoms with van der Waals surface area (Å²) in [5.74, 6) is -0.265. The maximum atomic E-state index is 12.3. The van der Waals surface area contributed by atoms with Gasteiger partial charge in [0.2, 0.25) is 0 Å². The van der Waals surface area contributed by atoms with Crippen LogP contribution >= 0.6 is 0 Å². The number of aryl methyl sites for hydroxylation is 2. The molecule has 0 fully saturated rings. The molecule has 0 radical (unpaired) electrons. The van der Waals surface area contributed by atoms with E-state index in [1.165, 1.54) is 0 Å². The third-order valence-corrected chi connectivity index (χ3v) is 4.32. The van der Waals surface area contributed by atoms with Crippen LogP contribution in [-0.4, -0.2) is 30.2 Å². The molecule has 6 heteroatoms. The molecule has 0 aliphatic carbocycles. The van der Waals surface area contributed by atoms with E-state index in [1.807, 2.05) is 36.6 Å². The van der Waals surface area contributed by atoms with E-state index in [2.05, 4.69) is 5.32 Å². The Balaban J connectivity index is 1.61. The average molecular weight is 378 g/mol. The highest BCUT2D eigenvalue weighted by Crippen LogP contribution is 2.18. The lowest BCUT2D eigenvalue weighted by molar-refractivity contribution is -0.119.